The van der Waals surface area contributed by atoms with Gasteiger partial charge in [-0.1, -0.05) is 23.8 Å². The summed E-state index contributed by atoms with van der Waals surface area (Å²) in [5.74, 6) is 1.62. The second kappa shape index (κ2) is 9.23. The predicted molar refractivity (Wildman–Crippen MR) is 130 cm³/mol. The molecular formula is C26H35N5O2. The van der Waals surface area contributed by atoms with Gasteiger partial charge < -0.3 is 20.3 Å². The van der Waals surface area contributed by atoms with E-state index in [9.17, 15) is 4.79 Å². The van der Waals surface area contributed by atoms with Gasteiger partial charge in [0.25, 0.3) is 0 Å². The molecular weight excluding hydrogens is 414 g/mol. The van der Waals surface area contributed by atoms with Crippen molar-refractivity contribution in [2.24, 2.45) is 0 Å². The fourth-order valence-electron chi connectivity index (χ4n) is 5.00. The first-order valence-electron chi connectivity index (χ1n) is 11.7. The first kappa shape index (κ1) is 23.4. The van der Waals surface area contributed by atoms with Gasteiger partial charge >= 0.3 is 0 Å². The molecule has 2 aliphatic rings. The average Bonchev–Trinajstić information content (AvgIpc) is 2.72. The first-order valence-corrected chi connectivity index (χ1v) is 11.7. The number of nitrogens with one attached hydrogen (secondary N) is 2. The number of carbonyl (C=O) groups excluding carboxylic acids is 1. The number of pyridine rings is 2. The monoisotopic (exact) mass is 449 g/mol. The Morgan fingerprint density at radius 2 is 1.88 bits per heavy atom. The number of carbonyl (C=O) groups is 1. The Morgan fingerprint density at radius 1 is 1.15 bits per heavy atom. The van der Waals surface area contributed by atoms with Gasteiger partial charge in [0.05, 0.1) is 18.8 Å². The Labute approximate surface area is 196 Å². The van der Waals surface area contributed by atoms with Gasteiger partial charge in [0, 0.05) is 29.7 Å². The summed E-state index contributed by atoms with van der Waals surface area (Å²) in [6, 6.07) is 11.6. The van der Waals surface area contributed by atoms with Crippen molar-refractivity contribution in [2.45, 2.75) is 64.6 Å². The molecule has 0 spiro atoms. The molecule has 7 nitrogen and oxygen atoms in total. The fourth-order valence-corrected chi connectivity index (χ4v) is 5.00. The number of hydrogen-bond acceptors (Lipinski definition) is 6. The lowest BCUT2D eigenvalue weighted by Crippen LogP contribution is -2.54. The zero-order valence-corrected chi connectivity index (χ0v) is 20.3. The smallest absolute Gasteiger partial charge is 0.226 e. The van der Waals surface area contributed by atoms with Crippen LogP contribution in [0.2, 0.25) is 0 Å². The lowest BCUT2D eigenvalue weighted by Gasteiger charge is -2.41. The van der Waals surface area contributed by atoms with E-state index in [4.69, 9.17) is 9.72 Å². The Balaban J connectivity index is 1.42. The van der Waals surface area contributed by atoms with Crippen LogP contribution < -0.4 is 10.6 Å². The summed E-state index contributed by atoms with van der Waals surface area (Å²) in [6.07, 6.45) is 3.29. The van der Waals surface area contributed by atoms with Crippen molar-refractivity contribution in [2.75, 3.05) is 25.0 Å². The molecule has 0 aromatic carbocycles. The molecule has 176 valence electrons. The van der Waals surface area contributed by atoms with Gasteiger partial charge in [0.1, 0.15) is 17.7 Å². The van der Waals surface area contributed by atoms with Crippen LogP contribution in [0, 0.1) is 6.92 Å². The summed E-state index contributed by atoms with van der Waals surface area (Å²) in [5.41, 5.74) is 2.82. The third kappa shape index (κ3) is 6.18. The van der Waals surface area contributed by atoms with Gasteiger partial charge in [-0.25, -0.2) is 9.97 Å². The topological polar surface area (TPSA) is 79.4 Å². The fraction of sp³-hybridized carbons (Fsp3) is 0.500. The van der Waals surface area contributed by atoms with Crippen molar-refractivity contribution in [3.63, 3.8) is 0 Å². The molecule has 4 heterocycles. The zero-order chi connectivity index (χ0) is 23.6. The molecule has 1 amide bonds. The Kier molecular flexibility index (Phi) is 6.54. The molecule has 33 heavy (non-hydrogen) atoms. The molecule has 0 radical (unpaired) electrons. The van der Waals surface area contributed by atoms with Crippen molar-refractivity contribution in [3.05, 3.63) is 59.4 Å². The minimum absolute atomic E-state index is 0.0229. The van der Waals surface area contributed by atoms with Crippen LogP contribution in [0.25, 0.3) is 0 Å². The minimum atomic E-state index is -0.246. The van der Waals surface area contributed by atoms with E-state index < -0.39 is 0 Å². The van der Waals surface area contributed by atoms with Crippen LogP contribution in [-0.4, -0.2) is 51.5 Å². The SMILES string of the molecule is Cc1cccc(Nc2cccc(C3CN(C(=O)CC4=CC(C)(C)NC(C)(C)C4)CCO3)n2)n1. The lowest BCUT2D eigenvalue weighted by atomic mass is 9.82. The highest BCUT2D eigenvalue weighted by Gasteiger charge is 2.34. The number of nitrogens with zero attached hydrogens (tertiary/aromatic N) is 3. The number of hydrogen-bond donors (Lipinski definition) is 2. The van der Waals surface area contributed by atoms with Crippen LogP contribution in [0.15, 0.2) is 48.0 Å². The summed E-state index contributed by atoms with van der Waals surface area (Å²) in [7, 11) is 0. The molecule has 1 fully saturated rings. The van der Waals surface area contributed by atoms with Crippen molar-refractivity contribution in [1.82, 2.24) is 20.2 Å². The van der Waals surface area contributed by atoms with Crippen molar-refractivity contribution >= 4 is 17.5 Å². The van der Waals surface area contributed by atoms with Gasteiger partial charge in [-0.05, 0) is 65.3 Å². The summed E-state index contributed by atoms with van der Waals surface area (Å²) in [6.45, 7) is 12.3. The molecule has 2 aliphatic heterocycles. The first-order chi connectivity index (χ1) is 15.6. The Bertz CT molecular complexity index is 1050. The standard InChI is InChI=1S/C26H35N5O2/c1-18-8-6-10-22(27-18)29-23-11-7-9-20(28-23)21-17-31(12-13-33-21)24(32)14-19-15-25(2,3)30-26(4,5)16-19/h6-11,15,21,30H,12-14,16-17H2,1-5H3,(H,27,28,29). The van der Waals surface area contributed by atoms with Gasteiger partial charge in [0.2, 0.25) is 5.91 Å². The van der Waals surface area contributed by atoms with Crippen molar-refractivity contribution < 1.29 is 9.53 Å². The van der Waals surface area contributed by atoms with Gasteiger partial charge in [0.15, 0.2) is 0 Å². The van der Waals surface area contributed by atoms with E-state index in [0.29, 0.717) is 31.9 Å². The van der Waals surface area contributed by atoms with E-state index in [2.05, 4.69) is 49.4 Å². The molecule has 0 bridgehead atoms. The van der Waals surface area contributed by atoms with Crippen LogP contribution in [0.1, 0.15) is 58.0 Å². The van der Waals surface area contributed by atoms with E-state index in [0.717, 1.165) is 23.6 Å². The van der Waals surface area contributed by atoms with Crippen LogP contribution in [-0.2, 0) is 9.53 Å². The minimum Gasteiger partial charge on any atom is -0.368 e. The summed E-state index contributed by atoms with van der Waals surface area (Å²) < 4.78 is 6.00. The summed E-state index contributed by atoms with van der Waals surface area (Å²) >= 11 is 0. The van der Waals surface area contributed by atoms with Gasteiger partial charge in [-0.3, -0.25) is 4.79 Å². The largest absolute Gasteiger partial charge is 0.368 e. The van der Waals surface area contributed by atoms with Crippen molar-refractivity contribution in [1.29, 1.82) is 0 Å². The number of rotatable bonds is 5. The van der Waals surface area contributed by atoms with E-state index in [1.54, 1.807) is 0 Å². The van der Waals surface area contributed by atoms with Gasteiger partial charge in [-0.2, -0.15) is 0 Å². The van der Waals surface area contributed by atoms with E-state index >= 15 is 0 Å². The highest BCUT2D eigenvalue weighted by Crippen LogP contribution is 2.30. The third-order valence-corrected chi connectivity index (χ3v) is 5.94. The van der Waals surface area contributed by atoms with Crippen LogP contribution in [0.4, 0.5) is 11.6 Å². The molecule has 0 aliphatic carbocycles. The molecule has 1 saturated heterocycles. The molecule has 1 atom stereocenters. The maximum Gasteiger partial charge on any atom is 0.226 e. The van der Waals surface area contributed by atoms with Gasteiger partial charge in [-0.15, -0.1) is 0 Å². The number of amides is 1. The number of morpholine rings is 1. The molecule has 7 heteroatoms. The Hall–Kier alpha value is -2.77. The molecule has 2 aromatic rings. The maximum atomic E-state index is 13.2. The average molecular weight is 450 g/mol. The molecule has 2 aromatic heterocycles. The van der Waals surface area contributed by atoms with E-state index in [1.807, 2.05) is 48.2 Å². The predicted octanol–water partition coefficient (Wildman–Crippen LogP) is 4.30. The van der Waals surface area contributed by atoms with Crippen LogP contribution in [0.5, 0.6) is 0 Å². The van der Waals surface area contributed by atoms with Crippen molar-refractivity contribution in [3.8, 4) is 0 Å². The number of ether oxygens (including phenoxy) is 1. The molecule has 0 saturated carbocycles. The highest BCUT2D eigenvalue weighted by molar-refractivity contribution is 5.79. The quantitative estimate of drug-likeness (QED) is 0.663. The molecule has 4 rings (SSSR count). The van der Waals surface area contributed by atoms with E-state index in [1.165, 1.54) is 5.57 Å². The van der Waals surface area contributed by atoms with Crippen LogP contribution >= 0.6 is 0 Å². The zero-order valence-electron chi connectivity index (χ0n) is 20.3. The maximum absolute atomic E-state index is 13.2. The third-order valence-electron chi connectivity index (χ3n) is 5.94. The summed E-state index contributed by atoms with van der Waals surface area (Å²) in [4.78, 5) is 24.3. The number of aromatic nitrogens is 2. The Morgan fingerprint density at radius 3 is 2.61 bits per heavy atom. The number of anilines is 2. The highest BCUT2D eigenvalue weighted by atomic mass is 16.5. The lowest BCUT2D eigenvalue weighted by molar-refractivity contribution is -0.138. The molecule has 1 unspecified atom stereocenters. The summed E-state index contributed by atoms with van der Waals surface area (Å²) in [5, 5.41) is 6.88. The van der Waals surface area contributed by atoms with Crippen LogP contribution in [0.3, 0.4) is 0 Å². The second-order valence-corrected chi connectivity index (χ2v) is 10.3. The number of aryl methyl sites for hydroxylation is 1. The second-order valence-electron chi connectivity index (χ2n) is 10.3. The normalized spacial score (nSPS) is 21.9. The van der Waals surface area contributed by atoms with E-state index in [-0.39, 0.29) is 23.1 Å². The molecule has 2 N–H and O–H groups in total.